The van der Waals surface area contributed by atoms with Crippen LogP contribution in [0, 0.1) is 23.7 Å². The van der Waals surface area contributed by atoms with Gasteiger partial charge in [0.15, 0.2) is 0 Å². The van der Waals surface area contributed by atoms with Crippen LogP contribution in [0.4, 0.5) is 0 Å². The van der Waals surface area contributed by atoms with Gasteiger partial charge in [0.1, 0.15) is 5.60 Å². The maximum atomic E-state index is 11.6. The zero-order valence-electron chi connectivity index (χ0n) is 9.75. The molecule has 2 nitrogen and oxygen atoms in total. The van der Waals surface area contributed by atoms with E-state index in [1.54, 1.807) is 0 Å². The molecule has 3 heteroatoms. The second kappa shape index (κ2) is 3.85. The Morgan fingerprint density at radius 2 is 1.69 bits per heavy atom. The molecule has 4 saturated carbocycles. The van der Waals surface area contributed by atoms with Crippen molar-refractivity contribution >= 4 is 28.6 Å². The molecule has 4 bridgehead atoms. The minimum atomic E-state index is -0.129. The molecule has 4 fully saturated rings. The highest BCUT2D eigenvalue weighted by atomic mass is 127. The molecule has 0 saturated heterocycles. The summed E-state index contributed by atoms with van der Waals surface area (Å²) in [7, 11) is 0. The van der Waals surface area contributed by atoms with Crippen LogP contribution in [0.5, 0.6) is 0 Å². The van der Waals surface area contributed by atoms with Gasteiger partial charge in [-0.1, -0.05) is 22.6 Å². The molecule has 90 valence electrons. The molecule has 0 aliphatic heterocycles. The van der Waals surface area contributed by atoms with E-state index in [2.05, 4.69) is 29.5 Å². The number of rotatable bonds is 2. The summed E-state index contributed by atoms with van der Waals surface area (Å²) in [5.74, 6) is 3.16. The molecule has 0 aromatic carbocycles. The summed E-state index contributed by atoms with van der Waals surface area (Å²) in [5.41, 5.74) is -0.129. The number of alkyl halides is 1. The van der Waals surface area contributed by atoms with Gasteiger partial charge < -0.3 is 4.74 Å². The van der Waals surface area contributed by atoms with Crippen LogP contribution in [0.1, 0.15) is 39.0 Å². The zero-order chi connectivity index (χ0) is 11.3. The van der Waals surface area contributed by atoms with E-state index in [1.807, 2.05) is 0 Å². The lowest BCUT2D eigenvalue weighted by Gasteiger charge is -2.59. The van der Waals surface area contributed by atoms with Crippen LogP contribution >= 0.6 is 22.6 Å². The standard InChI is InChI=1S/C13H19IO2/c1-13(16-12(15)7-14)10-3-8-2-9(5-10)6-11(13)4-8/h8-11H,2-7H2,1H3. The first kappa shape index (κ1) is 11.3. The first-order valence-corrected chi connectivity index (χ1v) is 7.92. The predicted octanol–water partition coefficient (Wildman–Crippen LogP) is 3.18. The van der Waals surface area contributed by atoms with Crippen molar-refractivity contribution in [1.29, 1.82) is 0 Å². The van der Waals surface area contributed by atoms with E-state index in [1.165, 1.54) is 32.1 Å². The Morgan fingerprint density at radius 1 is 1.19 bits per heavy atom. The number of hydrogen-bond acceptors (Lipinski definition) is 2. The largest absolute Gasteiger partial charge is 0.458 e. The maximum absolute atomic E-state index is 11.6. The summed E-state index contributed by atoms with van der Waals surface area (Å²) in [5, 5.41) is 0. The summed E-state index contributed by atoms with van der Waals surface area (Å²) in [4.78, 5) is 11.6. The van der Waals surface area contributed by atoms with E-state index >= 15 is 0 Å². The molecule has 0 amide bonds. The summed E-state index contributed by atoms with van der Waals surface area (Å²) >= 11 is 2.10. The molecule has 0 spiro atoms. The van der Waals surface area contributed by atoms with Gasteiger partial charge in [0.05, 0.1) is 4.43 Å². The van der Waals surface area contributed by atoms with Gasteiger partial charge in [-0.25, -0.2) is 0 Å². The Kier molecular flexibility index (Phi) is 2.72. The molecule has 16 heavy (non-hydrogen) atoms. The maximum Gasteiger partial charge on any atom is 0.316 e. The van der Waals surface area contributed by atoms with Crippen LogP contribution in [-0.2, 0) is 9.53 Å². The highest BCUT2D eigenvalue weighted by Gasteiger charge is 2.56. The van der Waals surface area contributed by atoms with Crippen molar-refractivity contribution in [2.24, 2.45) is 23.7 Å². The fraction of sp³-hybridized carbons (Fsp3) is 0.923. The third-order valence-electron chi connectivity index (χ3n) is 5.20. The lowest BCUT2D eigenvalue weighted by molar-refractivity contribution is -0.200. The molecular formula is C13H19IO2. The Bertz CT molecular complexity index is 285. The summed E-state index contributed by atoms with van der Waals surface area (Å²) in [6, 6.07) is 0. The quantitative estimate of drug-likeness (QED) is 0.440. The molecule has 0 radical (unpaired) electrons. The van der Waals surface area contributed by atoms with Crippen molar-refractivity contribution in [2.75, 3.05) is 4.43 Å². The van der Waals surface area contributed by atoms with Gasteiger partial charge in [-0.15, -0.1) is 0 Å². The second-order valence-electron chi connectivity index (χ2n) is 6.10. The lowest BCUT2D eigenvalue weighted by atomic mass is 9.50. The average Bonchev–Trinajstić information content (AvgIpc) is 2.25. The van der Waals surface area contributed by atoms with Gasteiger partial charge in [-0.2, -0.15) is 0 Å². The van der Waals surface area contributed by atoms with E-state index in [9.17, 15) is 4.79 Å². The molecular weight excluding hydrogens is 315 g/mol. The topological polar surface area (TPSA) is 26.3 Å². The third kappa shape index (κ3) is 1.61. The number of carbonyl (C=O) groups excluding carboxylic acids is 1. The second-order valence-corrected chi connectivity index (χ2v) is 6.86. The fourth-order valence-corrected chi connectivity index (χ4v) is 4.71. The molecule has 0 aromatic heterocycles. The number of ether oxygens (including phenoxy) is 1. The van der Waals surface area contributed by atoms with Crippen LogP contribution in [-0.4, -0.2) is 16.0 Å². The van der Waals surface area contributed by atoms with Crippen molar-refractivity contribution in [3.05, 3.63) is 0 Å². The summed E-state index contributed by atoms with van der Waals surface area (Å²) in [6.07, 6.45) is 6.66. The van der Waals surface area contributed by atoms with Crippen LogP contribution in [0.15, 0.2) is 0 Å². The average molecular weight is 334 g/mol. The van der Waals surface area contributed by atoms with E-state index in [4.69, 9.17) is 4.74 Å². The number of hydrogen-bond donors (Lipinski definition) is 0. The monoisotopic (exact) mass is 334 g/mol. The van der Waals surface area contributed by atoms with Gasteiger partial charge in [-0.3, -0.25) is 4.79 Å². The Morgan fingerprint density at radius 3 is 2.12 bits per heavy atom. The molecule has 0 heterocycles. The molecule has 0 aromatic rings. The molecule has 0 atom stereocenters. The van der Waals surface area contributed by atoms with E-state index in [-0.39, 0.29) is 11.6 Å². The normalized spacial score (nSPS) is 49.4. The highest BCUT2D eigenvalue weighted by molar-refractivity contribution is 14.1. The van der Waals surface area contributed by atoms with Crippen molar-refractivity contribution < 1.29 is 9.53 Å². The zero-order valence-corrected chi connectivity index (χ0v) is 11.9. The number of halogens is 1. The number of esters is 1. The molecule has 4 rings (SSSR count). The van der Waals surface area contributed by atoms with Crippen LogP contribution < -0.4 is 0 Å². The van der Waals surface area contributed by atoms with Crippen molar-refractivity contribution in [3.8, 4) is 0 Å². The molecule has 0 N–H and O–H groups in total. The van der Waals surface area contributed by atoms with E-state index in [0.29, 0.717) is 16.3 Å². The molecule has 0 unspecified atom stereocenters. The SMILES string of the molecule is CC1(OC(=O)CI)C2CC3CC(C2)CC1C3. The van der Waals surface area contributed by atoms with Crippen molar-refractivity contribution in [2.45, 2.75) is 44.6 Å². The minimum Gasteiger partial charge on any atom is -0.458 e. The predicted molar refractivity (Wildman–Crippen MR) is 70.4 cm³/mol. The Balaban J connectivity index is 1.82. The van der Waals surface area contributed by atoms with Gasteiger partial charge in [0, 0.05) is 0 Å². The fourth-order valence-electron chi connectivity index (χ4n) is 4.56. The highest BCUT2D eigenvalue weighted by Crippen LogP contribution is 2.59. The number of carbonyl (C=O) groups is 1. The summed E-state index contributed by atoms with van der Waals surface area (Å²) in [6.45, 7) is 2.20. The van der Waals surface area contributed by atoms with Crippen LogP contribution in [0.2, 0.25) is 0 Å². The van der Waals surface area contributed by atoms with Crippen LogP contribution in [0.3, 0.4) is 0 Å². The first-order chi connectivity index (χ1) is 7.61. The molecule has 4 aliphatic carbocycles. The Hall–Kier alpha value is 0.200. The lowest BCUT2D eigenvalue weighted by Crippen LogP contribution is -2.58. The Labute approximate surface area is 111 Å². The molecule has 4 aliphatic rings. The van der Waals surface area contributed by atoms with Gasteiger partial charge in [0.2, 0.25) is 0 Å². The van der Waals surface area contributed by atoms with E-state index in [0.717, 1.165) is 11.8 Å². The third-order valence-corrected chi connectivity index (χ3v) is 5.82. The van der Waals surface area contributed by atoms with Crippen LogP contribution in [0.25, 0.3) is 0 Å². The minimum absolute atomic E-state index is 0.0180. The van der Waals surface area contributed by atoms with Gasteiger partial charge in [0.25, 0.3) is 0 Å². The van der Waals surface area contributed by atoms with Crippen molar-refractivity contribution in [3.63, 3.8) is 0 Å². The van der Waals surface area contributed by atoms with E-state index < -0.39 is 0 Å². The smallest absolute Gasteiger partial charge is 0.316 e. The van der Waals surface area contributed by atoms with Crippen molar-refractivity contribution in [1.82, 2.24) is 0 Å². The first-order valence-electron chi connectivity index (χ1n) is 6.39. The van der Waals surface area contributed by atoms with Gasteiger partial charge in [-0.05, 0) is 62.7 Å². The van der Waals surface area contributed by atoms with Gasteiger partial charge >= 0.3 is 5.97 Å². The summed E-state index contributed by atoms with van der Waals surface area (Å²) < 4.78 is 6.30.